The van der Waals surface area contributed by atoms with Gasteiger partial charge in [0.15, 0.2) is 11.5 Å². The van der Waals surface area contributed by atoms with Gasteiger partial charge in [-0.15, -0.1) is 0 Å². The van der Waals surface area contributed by atoms with Crippen LogP contribution in [0.5, 0.6) is 0 Å². The number of fused-ring (bicyclic) bond motifs is 1. The first-order chi connectivity index (χ1) is 10.7. The van der Waals surface area contributed by atoms with E-state index < -0.39 is 0 Å². The number of ether oxygens (including phenoxy) is 2. The molecule has 1 aliphatic heterocycles. The molecule has 0 unspecified atom stereocenters. The highest BCUT2D eigenvalue weighted by atomic mass is 16.6. The van der Waals surface area contributed by atoms with E-state index in [1.165, 1.54) is 6.33 Å². The summed E-state index contributed by atoms with van der Waals surface area (Å²) in [6.45, 7) is 2.24. The van der Waals surface area contributed by atoms with Crippen LogP contribution in [0.4, 0.5) is 5.82 Å². The van der Waals surface area contributed by atoms with Gasteiger partial charge in [-0.3, -0.25) is 9.36 Å². The van der Waals surface area contributed by atoms with Crippen molar-refractivity contribution in [1.82, 2.24) is 19.5 Å². The van der Waals surface area contributed by atoms with Gasteiger partial charge < -0.3 is 15.2 Å². The summed E-state index contributed by atoms with van der Waals surface area (Å²) in [5, 5.41) is 0. The van der Waals surface area contributed by atoms with Gasteiger partial charge in [-0.1, -0.05) is 6.92 Å². The molecule has 3 rings (SSSR count). The lowest BCUT2D eigenvalue weighted by Gasteiger charge is -2.15. The molecule has 8 nitrogen and oxygen atoms in total. The van der Waals surface area contributed by atoms with Gasteiger partial charge in [-0.2, -0.15) is 0 Å². The van der Waals surface area contributed by atoms with Crippen molar-refractivity contribution < 1.29 is 14.3 Å². The molecule has 0 bridgehead atoms. The zero-order valence-corrected chi connectivity index (χ0v) is 12.4. The molecule has 0 spiro atoms. The molecule has 1 saturated heterocycles. The first kappa shape index (κ1) is 14.7. The number of esters is 1. The molecule has 0 amide bonds. The van der Waals surface area contributed by atoms with Crippen molar-refractivity contribution in [2.45, 2.75) is 44.9 Å². The van der Waals surface area contributed by atoms with Gasteiger partial charge in [0.2, 0.25) is 0 Å². The van der Waals surface area contributed by atoms with E-state index in [9.17, 15) is 4.79 Å². The summed E-state index contributed by atoms with van der Waals surface area (Å²) < 4.78 is 13.0. The molecule has 2 N–H and O–H groups in total. The number of nitrogen functional groups attached to an aromatic ring is 1. The molecule has 3 heterocycles. The highest BCUT2D eigenvalue weighted by Crippen LogP contribution is 2.31. The second-order valence-electron chi connectivity index (χ2n) is 5.31. The van der Waals surface area contributed by atoms with Gasteiger partial charge in [-0.25, -0.2) is 15.0 Å². The lowest BCUT2D eigenvalue weighted by atomic mass is 10.2. The number of hydrogen-bond donors (Lipinski definition) is 1. The second kappa shape index (κ2) is 6.27. The Morgan fingerprint density at radius 3 is 3.14 bits per heavy atom. The predicted octanol–water partition coefficient (Wildman–Crippen LogP) is 1.43. The second-order valence-corrected chi connectivity index (χ2v) is 5.31. The monoisotopic (exact) mass is 305 g/mol. The average molecular weight is 305 g/mol. The number of rotatable bonds is 5. The molecule has 0 aromatic carbocycles. The lowest BCUT2D eigenvalue weighted by molar-refractivity contribution is -0.148. The van der Waals surface area contributed by atoms with Gasteiger partial charge >= 0.3 is 5.97 Å². The Balaban J connectivity index is 1.64. The van der Waals surface area contributed by atoms with E-state index in [1.54, 1.807) is 6.33 Å². The first-order valence-electron chi connectivity index (χ1n) is 7.43. The smallest absolute Gasteiger partial charge is 0.305 e. The number of anilines is 1. The van der Waals surface area contributed by atoms with E-state index in [1.807, 2.05) is 11.5 Å². The Morgan fingerprint density at radius 1 is 1.45 bits per heavy atom. The molecule has 0 aliphatic carbocycles. The number of imidazole rings is 1. The standard InChI is InChI=1S/C14H19N5O3/c1-2-3-11(20)21-6-9-4-5-10(22-9)19-8-18-12-13(15)16-7-17-14(12)19/h7-10H,2-6H2,1H3,(H2,15,16,17)/t9-,10+/m0/s1. The summed E-state index contributed by atoms with van der Waals surface area (Å²) in [5.74, 6) is 0.176. The van der Waals surface area contributed by atoms with Crippen LogP contribution >= 0.6 is 0 Å². The van der Waals surface area contributed by atoms with Crippen LogP contribution < -0.4 is 5.73 Å². The summed E-state index contributed by atoms with van der Waals surface area (Å²) in [7, 11) is 0. The van der Waals surface area contributed by atoms with Gasteiger partial charge in [0.25, 0.3) is 0 Å². The van der Waals surface area contributed by atoms with Gasteiger partial charge in [0.1, 0.15) is 24.7 Å². The van der Waals surface area contributed by atoms with Crippen molar-refractivity contribution >= 4 is 23.0 Å². The fourth-order valence-electron chi connectivity index (χ4n) is 2.56. The zero-order chi connectivity index (χ0) is 15.5. The Labute approximate surface area is 127 Å². The summed E-state index contributed by atoms with van der Waals surface area (Å²) in [6.07, 6.45) is 5.67. The number of carbonyl (C=O) groups is 1. The molecule has 0 saturated carbocycles. The maximum Gasteiger partial charge on any atom is 0.305 e. The largest absolute Gasteiger partial charge is 0.463 e. The number of carbonyl (C=O) groups excluding carboxylic acids is 1. The van der Waals surface area contributed by atoms with Gasteiger partial charge in [0.05, 0.1) is 12.4 Å². The third-order valence-electron chi connectivity index (χ3n) is 3.67. The van der Waals surface area contributed by atoms with Crippen LogP contribution in [-0.2, 0) is 14.3 Å². The summed E-state index contributed by atoms with van der Waals surface area (Å²) in [6, 6.07) is 0. The molecule has 22 heavy (non-hydrogen) atoms. The Hall–Kier alpha value is -2.22. The van der Waals surface area contributed by atoms with Crippen molar-refractivity contribution in [3.8, 4) is 0 Å². The fourth-order valence-corrected chi connectivity index (χ4v) is 2.56. The Bertz CT molecular complexity index is 672. The summed E-state index contributed by atoms with van der Waals surface area (Å²) in [4.78, 5) is 23.8. The van der Waals surface area contributed by atoms with E-state index in [0.29, 0.717) is 30.0 Å². The third-order valence-corrected chi connectivity index (χ3v) is 3.67. The minimum atomic E-state index is -0.178. The lowest BCUT2D eigenvalue weighted by Crippen LogP contribution is -2.19. The molecular formula is C14H19N5O3. The predicted molar refractivity (Wildman–Crippen MR) is 78.7 cm³/mol. The highest BCUT2D eigenvalue weighted by Gasteiger charge is 2.29. The normalized spacial score (nSPS) is 21.3. The fraction of sp³-hybridized carbons (Fsp3) is 0.571. The number of aromatic nitrogens is 4. The van der Waals surface area contributed by atoms with Crippen LogP contribution in [0.3, 0.4) is 0 Å². The molecule has 2 aromatic rings. The van der Waals surface area contributed by atoms with Crippen molar-refractivity contribution in [3.05, 3.63) is 12.7 Å². The topological polar surface area (TPSA) is 105 Å². The molecule has 2 aromatic heterocycles. The molecule has 118 valence electrons. The third kappa shape index (κ3) is 2.87. The SMILES string of the molecule is CCCC(=O)OC[C@@H]1CC[C@H](n2cnc3c(N)ncnc32)O1. The quantitative estimate of drug-likeness (QED) is 0.833. The van der Waals surface area contributed by atoms with E-state index in [2.05, 4.69) is 15.0 Å². The molecular weight excluding hydrogens is 286 g/mol. The van der Waals surface area contributed by atoms with Crippen LogP contribution in [0.2, 0.25) is 0 Å². The Morgan fingerprint density at radius 2 is 2.32 bits per heavy atom. The van der Waals surface area contributed by atoms with Crippen molar-refractivity contribution in [2.75, 3.05) is 12.3 Å². The number of nitrogens with two attached hydrogens (primary N) is 1. The summed E-state index contributed by atoms with van der Waals surface area (Å²) in [5.41, 5.74) is 7.01. The van der Waals surface area contributed by atoms with E-state index >= 15 is 0 Å². The Kier molecular flexibility index (Phi) is 4.19. The van der Waals surface area contributed by atoms with E-state index in [4.69, 9.17) is 15.2 Å². The number of hydrogen-bond acceptors (Lipinski definition) is 7. The van der Waals surface area contributed by atoms with E-state index in [0.717, 1.165) is 19.3 Å². The van der Waals surface area contributed by atoms with Crippen LogP contribution in [0, 0.1) is 0 Å². The highest BCUT2D eigenvalue weighted by molar-refractivity contribution is 5.81. The van der Waals surface area contributed by atoms with Crippen LogP contribution in [0.1, 0.15) is 38.8 Å². The van der Waals surface area contributed by atoms with Gasteiger partial charge in [0, 0.05) is 6.42 Å². The van der Waals surface area contributed by atoms with Crippen molar-refractivity contribution in [1.29, 1.82) is 0 Å². The van der Waals surface area contributed by atoms with Crippen LogP contribution in [0.25, 0.3) is 11.2 Å². The molecule has 2 atom stereocenters. The summed E-state index contributed by atoms with van der Waals surface area (Å²) >= 11 is 0. The molecule has 0 radical (unpaired) electrons. The minimum Gasteiger partial charge on any atom is -0.463 e. The molecule has 1 aliphatic rings. The van der Waals surface area contributed by atoms with E-state index in [-0.39, 0.29) is 18.3 Å². The number of nitrogens with zero attached hydrogens (tertiary/aromatic N) is 4. The minimum absolute atomic E-state index is 0.0950. The maximum atomic E-state index is 11.4. The van der Waals surface area contributed by atoms with Crippen LogP contribution in [-0.4, -0.2) is 38.2 Å². The first-order valence-corrected chi connectivity index (χ1v) is 7.43. The zero-order valence-electron chi connectivity index (χ0n) is 12.4. The van der Waals surface area contributed by atoms with Crippen molar-refractivity contribution in [3.63, 3.8) is 0 Å². The van der Waals surface area contributed by atoms with Gasteiger partial charge in [-0.05, 0) is 19.3 Å². The van der Waals surface area contributed by atoms with Crippen molar-refractivity contribution in [2.24, 2.45) is 0 Å². The maximum absolute atomic E-state index is 11.4. The molecule has 8 heteroatoms. The van der Waals surface area contributed by atoms with Crippen LogP contribution in [0.15, 0.2) is 12.7 Å². The molecule has 1 fully saturated rings. The average Bonchev–Trinajstić information content (AvgIpc) is 3.12.